The second-order valence-corrected chi connectivity index (χ2v) is 11.6. The van der Waals surface area contributed by atoms with Crippen molar-refractivity contribution in [3.8, 4) is 16.9 Å². The van der Waals surface area contributed by atoms with Gasteiger partial charge in [-0.25, -0.2) is 17.3 Å². The van der Waals surface area contributed by atoms with Gasteiger partial charge in [0.2, 0.25) is 5.95 Å². The van der Waals surface area contributed by atoms with Crippen LogP contribution in [0.2, 0.25) is 0 Å². The van der Waals surface area contributed by atoms with Gasteiger partial charge >= 0.3 is 0 Å². The molecule has 0 saturated heterocycles. The molecular formula is C30H27FN4O4S. The van der Waals surface area contributed by atoms with Crippen molar-refractivity contribution in [1.82, 2.24) is 14.6 Å². The quantitative estimate of drug-likeness (QED) is 0.260. The van der Waals surface area contributed by atoms with Gasteiger partial charge in [-0.05, 0) is 59.5 Å². The number of nitrogens with one attached hydrogen (secondary N) is 1. The number of halogens is 1. The molecule has 0 aliphatic heterocycles. The van der Waals surface area contributed by atoms with Gasteiger partial charge in [0.1, 0.15) is 17.3 Å². The van der Waals surface area contributed by atoms with Crippen LogP contribution in [0.5, 0.6) is 5.75 Å². The second-order valence-electron chi connectivity index (χ2n) is 9.59. The standard InChI is InChI=1S/C30H27FN4O4S/c1-19-14-21(6-11-26(19)31)16-24(36)15-20-4-7-22(8-5-20)23-9-13-29-33-30(34-35(29)18-23)32-27-12-10-25(40(3,37)38)17-28(27)39-2/h4-14,17-18H,15-16H2,1-3H3,(H,32,34). The minimum Gasteiger partial charge on any atom is -0.495 e. The third-order valence-corrected chi connectivity index (χ3v) is 7.60. The molecule has 0 saturated carbocycles. The highest BCUT2D eigenvalue weighted by atomic mass is 32.2. The summed E-state index contributed by atoms with van der Waals surface area (Å²) >= 11 is 0. The lowest BCUT2D eigenvalue weighted by Gasteiger charge is -2.10. The first-order chi connectivity index (χ1) is 19.1. The highest BCUT2D eigenvalue weighted by Crippen LogP contribution is 2.30. The lowest BCUT2D eigenvalue weighted by atomic mass is 9.99. The molecule has 0 fully saturated rings. The average Bonchev–Trinajstić information content (AvgIpc) is 3.32. The van der Waals surface area contributed by atoms with Crippen LogP contribution in [0.1, 0.15) is 16.7 Å². The van der Waals surface area contributed by atoms with Gasteiger partial charge in [0.05, 0.1) is 17.7 Å². The smallest absolute Gasteiger partial charge is 0.247 e. The molecule has 5 aromatic rings. The Kier molecular flexibility index (Phi) is 7.36. The van der Waals surface area contributed by atoms with Crippen molar-refractivity contribution in [1.29, 1.82) is 0 Å². The zero-order chi connectivity index (χ0) is 28.4. The average molecular weight is 559 g/mol. The Hall–Kier alpha value is -4.57. The van der Waals surface area contributed by atoms with Crippen molar-refractivity contribution in [3.63, 3.8) is 0 Å². The molecule has 40 heavy (non-hydrogen) atoms. The van der Waals surface area contributed by atoms with E-state index in [9.17, 15) is 17.6 Å². The molecule has 5 rings (SSSR count). The molecule has 0 aliphatic rings. The first-order valence-corrected chi connectivity index (χ1v) is 14.4. The first-order valence-electron chi connectivity index (χ1n) is 12.5. The number of aryl methyl sites for hydroxylation is 1. The van der Waals surface area contributed by atoms with Gasteiger partial charge in [0, 0.05) is 36.9 Å². The van der Waals surface area contributed by atoms with E-state index in [1.54, 1.807) is 29.6 Å². The zero-order valence-corrected chi connectivity index (χ0v) is 23.0. The van der Waals surface area contributed by atoms with Crippen LogP contribution in [0.4, 0.5) is 16.0 Å². The molecule has 8 nitrogen and oxygen atoms in total. The van der Waals surface area contributed by atoms with E-state index < -0.39 is 9.84 Å². The lowest BCUT2D eigenvalue weighted by molar-refractivity contribution is -0.117. The van der Waals surface area contributed by atoms with Crippen LogP contribution >= 0.6 is 0 Å². The summed E-state index contributed by atoms with van der Waals surface area (Å²) in [5.41, 5.74) is 5.26. The molecular weight excluding hydrogens is 531 g/mol. The largest absolute Gasteiger partial charge is 0.495 e. The predicted molar refractivity (Wildman–Crippen MR) is 151 cm³/mol. The van der Waals surface area contributed by atoms with E-state index in [0.717, 1.165) is 28.5 Å². The fraction of sp³-hybridized carbons (Fsp3) is 0.167. The molecule has 0 atom stereocenters. The molecule has 0 spiro atoms. The molecule has 2 aromatic heterocycles. The van der Waals surface area contributed by atoms with Crippen molar-refractivity contribution < 1.29 is 22.3 Å². The molecule has 2 heterocycles. The van der Waals surface area contributed by atoms with Gasteiger partial charge in [-0.3, -0.25) is 4.79 Å². The Morgan fingerprint density at radius 3 is 2.35 bits per heavy atom. The number of methoxy groups -OCH3 is 1. The fourth-order valence-corrected chi connectivity index (χ4v) is 5.02. The number of fused-ring (bicyclic) bond motifs is 1. The maximum Gasteiger partial charge on any atom is 0.247 e. The van der Waals surface area contributed by atoms with Crippen LogP contribution in [0.3, 0.4) is 0 Å². The summed E-state index contributed by atoms with van der Waals surface area (Å²) < 4.78 is 44.2. The molecule has 0 bridgehead atoms. The number of anilines is 2. The molecule has 0 aliphatic carbocycles. The van der Waals surface area contributed by atoms with Crippen LogP contribution < -0.4 is 10.1 Å². The van der Waals surface area contributed by atoms with Crippen molar-refractivity contribution >= 4 is 32.9 Å². The molecule has 10 heteroatoms. The van der Waals surface area contributed by atoms with E-state index in [4.69, 9.17) is 4.74 Å². The number of carbonyl (C=O) groups is 1. The van der Waals surface area contributed by atoms with Gasteiger partial charge in [-0.1, -0.05) is 36.4 Å². The number of nitrogens with zero attached hydrogens (tertiary/aromatic N) is 3. The third kappa shape index (κ3) is 6.02. The number of hydrogen-bond acceptors (Lipinski definition) is 7. The van der Waals surface area contributed by atoms with Crippen LogP contribution in [0.25, 0.3) is 16.8 Å². The minimum absolute atomic E-state index is 0.0606. The number of rotatable bonds is 9. The van der Waals surface area contributed by atoms with Crippen molar-refractivity contribution in [2.75, 3.05) is 18.7 Å². The summed E-state index contributed by atoms with van der Waals surface area (Å²) in [6.07, 6.45) is 3.55. The number of ether oxygens (including phenoxy) is 1. The number of pyridine rings is 1. The van der Waals surface area contributed by atoms with Crippen LogP contribution in [0.15, 0.2) is 83.9 Å². The summed E-state index contributed by atoms with van der Waals surface area (Å²) in [5, 5.41) is 7.59. The van der Waals surface area contributed by atoms with Crippen molar-refractivity contribution in [2.45, 2.75) is 24.7 Å². The summed E-state index contributed by atoms with van der Waals surface area (Å²) in [5.74, 6) is 0.469. The fourth-order valence-electron chi connectivity index (χ4n) is 4.38. The zero-order valence-electron chi connectivity index (χ0n) is 22.2. The lowest BCUT2D eigenvalue weighted by Crippen LogP contribution is -2.07. The normalized spacial score (nSPS) is 11.5. The van der Waals surface area contributed by atoms with Gasteiger partial charge in [-0.15, -0.1) is 5.10 Å². The van der Waals surface area contributed by atoms with Gasteiger partial charge < -0.3 is 10.1 Å². The maximum atomic E-state index is 13.5. The number of hydrogen-bond donors (Lipinski definition) is 1. The Morgan fingerprint density at radius 2 is 1.65 bits per heavy atom. The van der Waals surface area contributed by atoms with Gasteiger partial charge in [-0.2, -0.15) is 4.98 Å². The van der Waals surface area contributed by atoms with Crippen LogP contribution in [-0.2, 0) is 27.5 Å². The maximum absolute atomic E-state index is 13.5. The van der Waals surface area contributed by atoms with E-state index in [1.807, 2.05) is 42.6 Å². The Balaban J connectivity index is 1.29. The third-order valence-electron chi connectivity index (χ3n) is 6.49. The van der Waals surface area contributed by atoms with Gasteiger partial charge in [0.25, 0.3) is 0 Å². The van der Waals surface area contributed by atoms with Crippen molar-refractivity contribution in [2.24, 2.45) is 0 Å². The first kappa shape index (κ1) is 27.0. The predicted octanol–water partition coefficient (Wildman–Crippen LogP) is 5.35. The number of aromatic nitrogens is 3. The molecule has 0 radical (unpaired) electrons. The number of sulfone groups is 1. The summed E-state index contributed by atoms with van der Waals surface area (Å²) in [6.45, 7) is 1.69. The summed E-state index contributed by atoms with van der Waals surface area (Å²) in [6, 6.07) is 20.9. The van der Waals surface area contributed by atoms with Crippen molar-refractivity contribution in [3.05, 3.63) is 102 Å². The van der Waals surface area contributed by atoms with E-state index in [1.165, 1.54) is 25.3 Å². The number of ketones is 1. The molecule has 204 valence electrons. The number of benzene rings is 3. The monoisotopic (exact) mass is 558 g/mol. The molecule has 3 aromatic carbocycles. The summed E-state index contributed by atoms with van der Waals surface area (Å²) in [7, 11) is -1.91. The van der Waals surface area contributed by atoms with Crippen LogP contribution in [0, 0.1) is 12.7 Å². The Bertz CT molecular complexity index is 1830. The van der Waals surface area contributed by atoms with Crippen LogP contribution in [-0.4, -0.2) is 42.2 Å². The van der Waals surface area contributed by atoms with E-state index >= 15 is 0 Å². The number of Topliss-reactive ketones (excluding diaryl/α,β-unsaturated/α-hetero) is 1. The van der Waals surface area contributed by atoms with Gasteiger partial charge in [0.15, 0.2) is 15.5 Å². The SMILES string of the molecule is COc1cc(S(C)(=O)=O)ccc1Nc1nc2ccc(-c3ccc(CC(=O)Cc4ccc(F)c(C)c4)cc3)cn2n1. The highest BCUT2D eigenvalue weighted by molar-refractivity contribution is 7.90. The topological polar surface area (TPSA) is 103 Å². The number of carbonyl (C=O) groups excluding carboxylic acids is 1. The minimum atomic E-state index is -3.37. The van der Waals surface area contributed by atoms with E-state index in [-0.39, 0.29) is 22.9 Å². The highest BCUT2D eigenvalue weighted by Gasteiger charge is 2.14. The van der Waals surface area contributed by atoms with E-state index in [0.29, 0.717) is 35.0 Å². The molecule has 0 amide bonds. The van der Waals surface area contributed by atoms with E-state index in [2.05, 4.69) is 15.4 Å². The Morgan fingerprint density at radius 1 is 0.950 bits per heavy atom. The molecule has 0 unspecified atom stereocenters. The molecule has 1 N–H and O–H groups in total. The second kappa shape index (κ2) is 10.9. The Labute approximate surface area is 231 Å². The summed E-state index contributed by atoms with van der Waals surface area (Å²) in [4.78, 5) is 17.2.